The summed E-state index contributed by atoms with van der Waals surface area (Å²) in [6, 6.07) is 14.6. The number of hydrogen-bond acceptors (Lipinski definition) is 6. The predicted molar refractivity (Wildman–Crippen MR) is 104 cm³/mol. The van der Waals surface area contributed by atoms with E-state index in [0.29, 0.717) is 5.65 Å². The molecule has 0 saturated carbocycles. The molecule has 0 bridgehead atoms. The van der Waals surface area contributed by atoms with Crippen LogP contribution in [-0.2, 0) is 0 Å². The number of fused-ring (bicyclic) bond motifs is 2. The van der Waals surface area contributed by atoms with Crippen molar-refractivity contribution in [2.75, 3.05) is 0 Å². The third kappa shape index (κ3) is 5.50. The van der Waals surface area contributed by atoms with E-state index in [1.165, 1.54) is 24.9 Å². The Morgan fingerprint density at radius 3 is 2.56 bits per heavy atom. The lowest BCUT2D eigenvalue weighted by Gasteiger charge is -1.93. The number of aromatic amines is 1. The molecule has 7 heteroatoms. The summed E-state index contributed by atoms with van der Waals surface area (Å²) in [5, 5.41) is 1.63. The lowest BCUT2D eigenvalue weighted by atomic mass is 10.2. The predicted octanol–water partition coefficient (Wildman–Crippen LogP) is 3.03. The van der Waals surface area contributed by atoms with E-state index >= 15 is 0 Å². The highest BCUT2D eigenvalue weighted by atomic mass is 16.1. The Hall–Kier alpha value is -4.00. The molecule has 0 radical (unpaired) electrons. The van der Waals surface area contributed by atoms with Gasteiger partial charge in [0.15, 0.2) is 5.65 Å². The first kappa shape index (κ1) is 17.8. The van der Waals surface area contributed by atoms with Gasteiger partial charge in [0, 0.05) is 41.8 Å². The SMILES string of the molecule is O=c1cncccc2ccccc2nc2ncncc2ccnccc[nH]1. The molecule has 27 heavy (non-hydrogen) atoms. The second kappa shape index (κ2) is 9.47. The number of nitrogens with zero attached hydrogens (tertiary/aromatic N) is 5. The average Bonchev–Trinajstić information content (AvgIpc) is 2.68. The highest BCUT2D eigenvalue weighted by molar-refractivity contribution is 5.81. The second-order valence-corrected chi connectivity index (χ2v) is 5.24. The minimum absolute atomic E-state index is 0.331. The van der Waals surface area contributed by atoms with E-state index in [1.54, 1.807) is 36.8 Å². The van der Waals surface area contributed by atoms with Crippen LogP contribution in [0.4, 0.5) is 0 Å². The number of para-hydroxylation sites is 1. The molecule has 0 aliphatic heterocycles. The summed E-state index contributed by atoms with van der Waals surface area (Å²) in [5.74, 6) is 0. The Balaban J connectivity index is 2.33. The van der Waals surface area contributed by atoms with Crippen LogP contribution in [0.25, 0.3) is 21.9 Å². The van der Waals surface area contributed by atoms with E-state index in [-0.39, 0.29) is 5.56 Å². The first-order valence-corrected chi connectivity index (χ1v) is 8.12. The molecule has 0 fully saturated rings. The molecule has 1 aromatic carbocycles. The van der Waals surface area contributed by atoms with E-state index < -0.39 is 0 Å². The van der Waals surface area contributed by atoms with Crippen LogP contribution in [0.2, 0.25) is 0 Å². The van der Waals surface area contributed by atoms with Crippen LogP contribution in [0.3, 0.4) is 0 Å². The molecule has 132 valence electrons. The zero-order valence-corrected chi connectivity index (χ0v) is 14.3. The number of H-pyrrole nitrogens is 1. The van der Waals surface area contributed by atoms with E-state index in [1.807, 2.05) is 30.3 Å². The largest absolute Gasteiger partial charge is 0.328 e. The van der Waals surface area contributed by atoms with Crippen LogP contribution in [0, 0.1) is 0 Å². The highest BCUT2D eigenvalue weighted by Gasteiger charge is 1.92. The number of hydrogen-bond donors (Lipinski definition) is 1. The van der Waals surface area contributed by atoms with Gasteiger partial charge in [0.05, 0.1) is 11.7 Å². The minimum atomic E-state index is -0.331. The summed E-state index contributed by atoms with van der Waals surface area (Å²) in [6.45, 7) is 0. The average molecular weight is 356 g/mol. The van der Waals surface area contributed by atoms with Gasteiger partial charge in [0.25, 0.3) is 5.56 Å². The van der Waals surface area contributed by atoms with Gasteiger partial charge in [0.2, 0.25) is 0 Å². The van der Waals surface area contributed by atoms with Crippen molar-refractivity contribution in [2.45, 2.75) is 0 Å². The molecule has 0 aliphatic carbocycles. The summed E-state index contributed by atoms with van der Waals surface area (Å²) < 4.78 is 0. The van der Waals surface area contributed by atoms with Gasteiger partial charge in [-0.3, -0.25) is 14.8 Å². The smallest absolute Gasteiger partial charge is 0.266 e. The molecule has 0 spiro atoms. The monoisotopic (exact) mass is 356 g/mol. The molecule has 3 aromatic rings. The zero-order valence-electron chi connectivity index (χ0n) is 14.3. The molecular formula is C20H16N6O. The van der Waals surface area contributed by atoms with Gasteiger partial charge in [-0.15, -0.1) is 0 Å². The summed E-state index contributed by atoms with van der Waals surface area (Å²) in [6.07, 6.45) is 10.5. The van der Waals surface area contributed by atoms with E-state index in [0.717, 1.165) is 16.3 Å². The summed E-state index contributed by atoms with van der Waals surface area (Å²) in [5.41, 5.74) is 0.968. The Labute approximate surface area is 154 Å². The fraction of sp³-hybridized carbons (Fsp3) is 0. The standard InChI is InChI=1S/C20H16N6O/c27-19-14-22-9-3-6-16-5-1-2-7-18(16)26-20-17(13-23-15-25-20)8-12-21-10-4-11-24-19/h1-15H,(H,24,27). The van der Waals surface area contributed by atoms with Crippen molar-refractivity contribution in [3.63, 3.8) is 0 Å². The van der Waals surface area contributed by atoms with Gasteiger partial charge in [-0.2, -0.15) is 0 Å². The van der Waals surface area contributed by atoms with Crippen molar-refractivity contribution in [2.24, 2.45) is 0 Å². The van der Waals surface area contributed by atoms with Crippen LogP contribution >= 0.6 is 0 Å². The second-order valence-electron chi connectivity index (χ2n) is 5.24. The first-order valence-electron chi connectivity index (χ1n) is 8.12. The molecule has 2 aromatic heterocycles. The Bertz CT molecular complexity index is 1170. The fourth-order valence-electron chi connectivity index (χ4n) is 2.13. The van der Waals surface area contributed by atoms with Crippen LogP contribution in [-0.4, -0.2) is 29.9 Å². The third-order valence-electron chi connectivity index (χ3n) is 3.36. The van der Waals surface area contributed by atoms with Crippen molar-refractivity contribution in [1.82, 2.24) is 29.9 Å². The van der Waals surface area contributed by atoms with Crippen LogP contribution < -0.4 is 5.56 Å². The van der Waals surface area contributed by atoms with E-state index in [4.69, 9.17) is 0 Å². The lowest BCUT2D eigenvalue weighted by molar-refractivity contribution is 1.19. The van der Waals surface area contributed by atoms with Crippen molar-refractivity contribution < 1.29 is 0 Å². The van der Waals surface area contributed by atoms with Crippen LogP contribution in [0.1, 0.15) is 0 Å². The lowest BCUT2D eigenvalue weighted by Crippen LogP contribution is -1.98. The van der Waals surface area contributed by atoms with Gasteiger partial charge in [-0.05, 0) is 24.3 Å². The van der Waals surface area contributed by atoms with Gasteiger partial charge in [0.1, 0.15) is 6.33 Å². The molecular weight excluding hydrogens is 340 g/mol. The molecule has 0 atom stereocenters. The van der Waals surface area contributed by atoms with E-state index in [2.05, 4.69) is 29.9 Å². The maximum Gasteiger partial charge on any atom is 0.266 e. The van der Waals surface area contributed by atoms with Crippen molar-refractivity contribution in [1.29, 1.82) is 0 Å². The van der Waals surface area contributed by atoms with Crippen LogP contribution in [0.5, 0.6) is 0 Å². The maximum atomic E-state index is 11.6. The Morgan fingerprint density at radius 2 is 1.59 bits per heavy atom. The van der Waals surface area contributed by atoms with Crippen molar-refractivity contribution in [3.05, 3.63) is 102 Å². The Kier molecular flexibility index (Phi) is 6.25. The quantitative estimate of drug-likeness (QED) is 0.665. The summed E-state index contributed by atoms with van der Waals surface area (Å²) in [7, 11) is 0. The molecule has 1 N–H and O–H groups in total. The molecule has 2 heterocycles. The zero-order chi connectivity index (χ0) is 18.7. The molecule has 0 unspecified atom stereocenters. The van der Waals surface area contributed by atoms with Crippen molar-refractivity contribution >= 4 is 21.9 Å². The molecule has 7 nitrogen and oxygen atoms in total. The molecule has 0 aliphatic rings. The topological polar surface area (TPSA) is 97.3 Å². The van der Waals surface area contributed by atoms with Gasteiger partial charge >= 0.3 is 0 Å². The van der Waals surface area contributed by atoms with Gasteiger partial charge in [-0.25, -0.2) is 15.0 Å². The normalized spacial score (nSPS) is 9.63. The highest BCUT2D eigenvalue weighted by Crippen LogP contribution is 2.09. The number of benzene rings is 1. The number of rotatable bonds is 0. The van der Waals surface area contributed by atoms with Crippen LogP contribution in [0.15, 0.2) is 96.8 Å². The van der Waals surface area contributed by atoms with Crippen molar-refractivity contribution in [3.8, 4) is 0 Å². The fourth-order valence-corrected chi connectivity index (χ4v) is 2.13. The first-order chi connectivity index (χ1) is 13.3. The molecule has 3 rings (SSSR count). The Morgan fingerprint density at radius 1 is 0.741 bits per heavy atom. The summed E-state index contributed by atoms with van der Waals surface area (Å²) >= 11 is 0. The molecule has 0 amide bonds. The van der Waals surface area contributed by atoms with Gasteiger partial charge < -0.3 is 4.98 Å². The maximum absolute atomic E-state index is 11.6. The van der Waals surface area contributed by atoms with Gasteiger partial charge in [-0.1, -0.05) is 24.3 Å². The third-order valence-corrected chi connectivity index (χ3v) is 3.36. The number of nitrogens with one attached hydrogen (secondary N) is 1. The summed E-state index contributed by atoms with van der Waals surface area (Å²) in [4.78, 5) is 35.1. The molecule has 0 saturated heterocycles. The van der Waals surface area contributed by atoms with E-state index in [9.17, 15) is 4.79 Å². The number of aromatic nitrogens is 6. The minimum Gasteiger partial charge on any atom is -0.328 e.